The third-order valence-corrected chi connectivity index (χ3v) is 5.40. The summed E-state index contributed by atoms with van der Waals surface area (Å²) in [5, 5.41) is 21.9. The summed E-state index contributed by atoms with van der Waals surface area (Å²) < 4.78 is 39.6. The van der Waals surface area contributed by atoms with E-state index in [9.17, 15) is 18.0 Å². The molecule has 1 aliphatic rings. The van der Waals surface area contributed by atoms with Gasteiger partial charge in [0.25, 0.3) is 0 Å². The molecule has 10 heteroatoms. The van der Waals surface area contributed by atoms with E-state index in [2.05, 4.69) is 15.3 Å². The maximum atomic E-state index is 12.7. The molecule has 1 N–H and O–H groups in total. The molecule has 1 fully saturated rings. The molecular weight excluding hydrogens is 393 g/mol. The van der Waals surface area contributed by atoms with E-state index in [-0.39, 0.29) is 11.7 Å². The van der Waals surface area contributed by atoms with Gasteiger partial charge in [0, 0.05) is 5.92 Å². The highest BCUT2D eigenvalue weighted by Gasteiger charge is 2.30. The van der Waals surface area contributed by atoms with Crippen LogP contribution in [0, 0.1) is 0 Å². The number of nitrogens with zero attached hydrogens (tertiary/aromatic N) is 4. The van der Waals surface area contributed by atoms with E-state index in [0.29, 0.717) is 16.5 Å². The van der Waals surface area contributed by atoms with Crippen molar-refractivity contribution >= 4 is 23.9 Å². The zero-order chi connectivity index (χ0) is 20.1. The van der Waals surface area contributed by atoms with Crippen molar-refractivity contribution in [3.63, 3.8) is 0 Å². The molecule has 0 atom stereocenters. The first kappa shape index (κ1) is 20.4. The van der Waals surface area contributed by atoms with Crippen LogP contribution in [-0.4, -0.2) is 37.9 Å². The molecule has 2 aromatic rings. The number of thioether (sulfide) groups is 1. The molecular formula is C18H19F3N4O2S. The number of alkyl halides is 3. The first-order valence-corrected chi connectivity index (χ1v) is 9.84. The van der Waals surface area contributed by atoms with Gasteiger partial charge in [-0.25, -0.2) is 0 Å². The van der Waals surface area contributed by atoms with Crippen molar-refractivity contribution in [2.24, 2.45) is 5.10 Å². The minimum absolute atomic E-state index is 0.182. The Hall–Kier alpha value is -2.36. The van der Waals surface area contributed by atoms with Crippen LogP contribution in [0.4, 0.5) is 13.2 Å². The van der Waals surface area contributed by atoms with Gasteiger partial charge in [-0.2, -0.15) is 22.9 Å². The Morgan fingerprint density at radius 2 is 1.89 bits per heavy atom. The molecule has 0 amide bonds. The van der Waals surface area contributed by atoms with E-state index in [0.717, 1.165) is 49.6 Å². The summed E-state index contributed by atoms with van der Waals surface area (Å²) in [6, 6.07) is 4.66. The number of halogens is 3. The Morgan fingerprint density at radius 3 is 2.50 bits per heavy atom. The Balaban J connectivity index is 1.86. The number of benzene rings is 1. The van der Waals surface area contributed by atoms with Gasteiger partial charge in [0.1, 0.15) is 0 Å². The quantitative estimate of drug-likeness (QED) is 0.562. The SMILES string of the molecule is O=C(O)CSc1nnc(C2CCCCC2)n1/N=C\c1ccc(C(F)(F)F)cc1. The van der Waals surface area contributed by atoms with Crippen LogP contribution in [0.25, 0.3) is 0 Å². The van der Waals surface area contributed by atoms with E-state index in [1.54, 1.807) is 0 Å². The Morgan fingerprint density at radius 1 is 1.21 bits per heavy atom. The molecule has 0 bridgehead atoms. The van der Waals surface area contributed by atoms with Crippen LogP contribution < -0.4 is 0 Å². The smallest absolute Gasteiger partial charge is 0.416 e. The lowest BCUT2D eigenvalue weighted by Crippen LogP contribution is -2.11. The van der Waals surface area contributed by atoms with Gasteiger partial charge in [0.05, 0.1) is 17.5 Å². The molecule has 0 aliphatic heterocycles. The van der Waals surface area contributed by atoms with Gasteiger partial charge in [-0.15, -0.1) is 10.2 Å². The Bertz CT molecular complexity index is 844. The van der Waals surface area contributed by atoms with Crippen LogP contribution in [0.1, 0.15) is 55.0 Å². The zero-order valence-corrected chi connectivity index (χ0v) is 15.7. The van der Waals surface area contributed by atoms with Crippen LogP contribution in [0.15, 0.2) is 34.5 Å². The summed E-state index contributed by atoms with van der Waals surface area (Å²) in [6.45, 7) is 0. The van der Waals surface area contributed by atoms with Gasteiger partial charge in [0.15, 0.2) is 5.82 Å². The van der Waals surface area contributed by atoms with E-state index in [1.807, 2.05) is 0 Å². The van der Waals surface area contributed by atoms with E-state index < -0.39 is 17.7 Å². The standard InChI is InChI=1S/C18H19F3N4O2S/c19-18(20,21)14-8-6-12(7-9-14)10-22-25-16(13-4-2-1-3-5-13)23-24-17(25)28-11-15(26)27/h6-10,13H,1-5,11H2,(H,26,27)/b22-10-. The van der Waals surface area contributed by atoms with E-state index in [4.69, 9.17) is 5.11 Å². The highest BCUT2D eigenvalue weighted by molar-refractivity contribution is 7.99. The maximum Gasteiger partial charge on any atom is 0.416 e. The van der Waals surface area contributed by atoms with E-state index in [1.165, 1.54) is 29.4 Å². The van der Waals surface area contributed by atoms with Crippen LogP contribution in [-0.2, 0) is 11.0 Å². The van der Waals surface area contributed by atoms with Crippen LogP contribution in [0.3, 0.4) is 0 Å². The Labute approximate surface area is 163 Å². The second-order valence-corrected chi connectivity index (χ2v) is 7.48. The molecule has 0 radical (unpaired) electrons. The van der Waals surface area contributed by atoms with Gasteiger partial charge in [-0.1, -0.05) is 43.2 Å². The number of aliphatic carboxylic acids is 1. The van der Waals surface area contributed by atoms with Crippen molar-refractivity contribution < 1.29 is 23.1 Å². The van der Waals surface area contributed by atoms with Crippen LogP contribution in [0.2, 0.25) is 0 Å². The van der Waals surface area contributed by atoms with Crippen molar-refractivity contribution in [2.75, 3.05) is 5.75 Å². The highest BCUT2D eigenvalue weighted by atomic mass is 32.2. The molecule has 150 valence electrons. The predicted octanol–water partition coefficient (Wildman–Crippen LogP) is 4.40. The van der Waals surface area contributed by atoms with Crippen molar-refractivity contribution in [1.82, 2.24) is 14.9 Å². The monoisotopic (exact) mass is 412 g/mol. The third kappa shape index (κ3) is 5.12. The lowest BCUT2D eigenvalue weighted by Gasteiger charge is -2.20. The molecule has 6 nitrogen and oxygen atoms in total. The second-order valence-electron chi connectivity index (χ2n) is 6.53. The van der Waals surface area contributed by atoms with Crippen molar-refractivity contribution in [1.29, 1.82) is 0 Å². The number of carboxylic acids is 1. The largest absolute Gasteiger partial charge is 0.481 e. The summed E-state index contributed by atoms with van der Waals surface area (Å²) in [5.74, 6) is -0.315. The van der Waals surface area contributed by atoms with Crippen molar-refractivity contribution in [3.05, 3.63) is 41.2 Å². The van der Waals surface area contributed by atoms with Gasteiger partial charge >= 0.3 is 12.1 Å². The number of carboxylic acid groups (broad SMARTS) is 1. The van der Waals surface area contributed by atoms with Gasteiger partial charge in [-0.3, -0.25) is 4.79 Å². The summed E-state index contributed by atoms with van der Waals surface area (Å²) in [4.78, 5) is 10.9. The van der Waals surface area contributed by atoms with Crippen LogP contribution in [0.5, 0.6) is 0 Å². The molecule has 1 saturated carbocycles. The summed E-state index contributed by atoms with van der Waals surface area (Å²) >= 11 is 1.01. The number of hydrogen-bond donors (Lipinski definition) is 1. The molecule has 3 rings (SSSR count). The van der Waals surface area contributed by atoms with E-state index >= 15 is 0 Å². The molecule has 1 aromatic heterocycles. The van der Waals surface area contributed by atoms with Gasteiger partial charge in [-0.05, 0) is 30.5 Å². The topological polar surface area (TPSA) is 80.4 Å². The summed E-state index contributed by atoms with van der Waals surface area (Å²) in [5.41, 5.74) is -0.236. The van der Waals surface area contributed by atoms with Gasteiger partial charge in [0.2, 0.25) is 5.16 Å². The maximum absolute atomic E-state index is 12.7. The fourth-order valence-corrected chi connectivity index (χ4v) is 3.71. The minimum atomic E-state index is -4.39. The lowest BCUT2D eigenvalue weighted by molar-refractivity contribution is -0.137. The number of rotatable bonds is 6. The molecule has 1 aromatic carbocycles. The number of hydrogen-bond acceptors (Lipinski definition) is 5. The second kappa shape index (κ2) is 8.76. The third-order valence-electron chi connectivity index (χ3n) is 4.49. The van der Waals surface area contributed by atoms with Crippen molar-refractivity contribution in [2.45, 2.75) is 49.4 Å². The molecule has 0 spiro atoms. The Kier molecular flexibility index (Phi) is 6.38. The molecule has 0 unspecified atom stereocenters. The first-order valence-electron chi connectivity index (χ1n) is 8.86. The highest BCUT2D eigenvalue weighted by Crippen LogP contribution is 2.33. The number of carbonyl (C=O) groups is 1. The predicted molar refractivity (Wildman–Crippen MR) is 98.6 cm³/mol. The molecule has 1 aliphatic carbocycles. The summed E-state index contributed by atoms with van der Waals surface area (Å²) in [6.07, 6.45) is 2.28. The minimum Gasteiger partial charge on any atom is -0.481 e. The molecule has 28 heavy (non-hydrogen) atoms. The molecule has 1 heterocycles. The summed E-state index contributed by atoms with van der Waals surface area (Å²) in [7, 11) is 0. The zero-order valence-electron chi connectivity index (χ0n) is 14.9. The average Bonchev–Trinajstić information content (AvgIpc) is 3.08. The fraction of sp³-hybridized carbons (Fsp3) is 0.444. The normalized spacial score (nSPS) is 16.0. The van der Waals surface area contributed by atoms with Crippen molar-refractivity contribution in [3.8, 4) is 0 Å². The average molecular weight is 412 g/mol. The first-order chi connectivity index (χ1) is 13.3. The molecule has 0 saturated heterocycles. The lowest BCUT2D eigenvalue weighted by atomic mass is 9.89. The van der Waals surface area contributed by atoms with Gasteiger partial charge < -0.3 is 5.11 Å². The fourth-order valence-electron chi connectivity index (χ4n) is 3.10. The number of aromatic nitrogens is 3. The van der Waals surface area contributed by atoms with Crippen LogP contribution >= 0.6 is 11.8 Å².